The molecule has 6 nitrogen and oxygen atoms in total. The topological polar surface area (TPSA) is 75.7 Å². The Bertz CT molecular complexity index is 1010. The second-order valence-corrected chi connectivity index (χ2v) is 9.58. The minimum atomic E-state index is -3.62. The molecule has 2 aliphatic heterocycles. The van der Waals surface area contributed by atoms with Crippen LogP contribution < -0.4 is 10.1 Å². The summed E-state index contributed by atoms with van der Waals surface area (Å²) < 4.78 is 33.4. The summed E-state index contributed by atoms with van der Waals surface area (Å²) in [4.78, 5) is 13.1. The van der Waals surface area contributed by atoms with Crippen LogP contribution in [0.4, 0.5) is 0 Å². The number of carbonyl (C=O) groups is 1. The lowest BCUT2D eigenvalue weighted by Crippen LogP contribution is -2.42. The highest BCUT2D eigenvalue weighted by atomic mass is 32.2. The molecule has 2 heterocycles. The number of para-hydroxylation sites is 1. The highest BCUT2D eigenvalue weighted by Crippen LogP contribution is 2.32. The lowest BCUT2D eigenvalue weighted by molar-refractivity contribution is 0.0924. The first-order valence-electron chi connectivity index (χ1n) is 10.1. The van der Waals surface area contributed by atoms with Gasteiger partial charge in [0, 0.05) is 30.1 Å². The van der Waals surface area contributed by atoms with Crippen LogP contribution in [0.2, 0.25) is 0 Å². The van der Waals surface area contributed by atoms with Crippen molar-refractivity contribution >= 4 is 15.9 Å². The average molecular weight is 415 g/mol. The molecule has 2 atom stereocenters. The minimum absolute atomic E-state index is 0.0232. The van der Waals surface area contributed by atoms with Gasteiger partial charge in [-0.15, -0.1) is 0 Å². The van der Waals surface area contributed by atoms with Crippen molar-refractivity contribution in [2.45, 2.75) is 49.6 Å². The molecule has 2 aromatic carbocycles. The summed E-state index contributed by atoms with van der Waals surface area (Å²) in [6, 6.07) is 13.8. The number of rotatable bonds is 4. The fourth-order valence-corrected chi connectivity index (χ4v) is 5.84. The smallest absolute Gasteiger partial charge is 0.251 e. The Labute approximate surface area is 171 Å². The van der Waals surface area contributed by atoms with Gasteiger partial charge in [-0.2, -0.15) is 4.31 Å². The minimum Gasteiger partial charge on any atom is -0.493 e. The van der Waals surface area contributed by atoms with Crippen molar-refractivity contribution in [2.75, 3.05) is 13.2 Å². The summed E-state index contributed by atoms with van der Waals surface area (Å²) in [6.07, 6.45) is 3.45. The summed E-state index contributed by atoms with van der Waals surface area (Å²) in [5, 5.41) is 3.03. The molecule has 0 aromatic heterocycles. The van der Waals surface area contributed by atoms with Gasteiger partial charge in [0.25, 0.3) is 5.91 Å². The van der Waals surface area contributed by atoms with Gasteiger partial charge in [0.15, 0.2) is 0 Å². The van der Waals surface area contributed by atoms with Crippen LogP contribution in [-0.2, 0) is 10.0 Å². The molecule has 0 bridgehead atoms. The summed E-state index contributed by atoms with van der Waals surface area (Å²) >= 11 is 0. The molecular formula is C22H26N2O4S. The van der Waals surface area contributed by atoms with E-state index in [0.29, 0.717) is 25.1 Å². The number of amides is 1. The van der Waals surface area contributed by atoms with Crippen molar-refractivity contribution in [3.8, 4) is 5.75 Å². The van der Waals surface area contributed by atoms with Gasteiger partial charge in [-0.1, -0.05) is 30.7 Å². The van der Waals surface area contributed by atoms with E-state index < -0.39 is 10.0 Å². The first-order valence-corrected chi connectivity index (χ1v) is 11.6. The van der Waals surface area contributed by atoms with Crippen LogP contribution in [-0.4, -0.2) is 37.8 Å². The number of benzene rings is 2. The molecule has 2 aliphatic rings. The fourth-order valence-electron chi connectivity index (χ4n) is 4.10. The van der Waals surface area contributed by atoms with Crippen molar-refractivity contribution < 1.29 is 17.9 Å². The van der Waals surface area contributed by atoms with Crippen LogP contribution in [0.1, 0.15) is 54.6 Å². The second-order valence-electron chi connectivity index (χ2n) is 7.69. The van der Waals surface area contributed by atoms with Crippen LogP contribution in [0.25, 0.3) is 0 Å². The molecule has 7 heteroatoms. The van der Waals surface area contributed by atoms with E-state index in [1.807, 2.05) is 31.2 Å². The van der Waals surface area contributed by atoms with Crippen LogP contribution >= 0.6 is 0 Å². The SMILES string of the molecule is C[C@H]1CCCCN1S(=O)(=O)c1cccc(C(=O)N[C@H]2CCOc3ccccc32)c1. The molecule has 1 saturated heterocycles. The molecule has 29 heavy (non-hydrogen) atoms. The Morgan fingerprint density at radius 2 is 1.93 bits per heavy atom. The van der Waals surface area contributed by atoms with E-state index >= 15 is 0 Å². The van der Waals surface area contributed by atoms with E-state index in [9.17, 15) is 13.2 Å². The lowest BCUT2D eigenvalue weighted by Gasteiger charge is -2.32. The quantitative estimate of drug-likeness (QED) is 0.831. The van der Waals surface area contributed by atoms with Gasteiger partial charge in [-0.25, -0.2) is 8.42 Å². The number of hydrogen-bond acceptors (Lipinski definition) is 4. The molecule has 1 fully saturated rings. The van der Waals surface area contributed by atoms with E-state index in [1.54, 1.807) is 22.5 Å². The van der Waals surface area contributed by atoms with Crippen molar-refractivity contribution in [3.05, 3.63) is 59.7 Å². The third-order valence-electron chi connectivity index (χ3n) is 5.71. The van der Waals surface area contributed by atoms with Gasteiger partial charge in [0.05, 0.1) is 17.5 Å². The van der Waals surface area contributed by atoms with Gasteiger partial charge >= 0.3 is 0 Å². The van der Waals surface area contributed by atoms with Gasteiger partial charge < -0.3 is 10.1 Å². The monoisotopic (exact) mass is 414 g/mol. The second kappa shape index (κ2) is 8.16. The van der Waals surface area contributed by atoms with E-state index in [4.69, 9.17) is 4.74 Å². The van der Waals surface area contributed by atoms with E-state index in [2.05, 4.69) is 5.32 Å². The average Bonchev–Trinajstić information content (AvgIpc) is 2.74. The van der Waals surface area contributed by atoms with Gasteiger partial charge in [-0.05, 0) is 44.0 Å². The predicted molar refractivity (Wildman–Crippen MR) is 110 cm³/mol. The fraction of sp³-hybridized carbons (Fsp3) is 0.409. The molecule has 1 N–H and O–H groups in total. The van der Waals surface area contributed by atoms with Crippen LogP contribution in [0.5, 0.6) is 5.75 Å². The molecular weight excluding hydrogens is 388 g/mol. The maximum Gasteiger partial charge on any atom is 0.251 e. The third-order valence-corrected chi connectivity index (χ3v) is 7.72. The molecule has 4 rings (SSSR count). The Morgan fingerprint density at radius 1 is 1.10 bits per heavy atom. The van der Waals surface area contributed by atoms with Gasteiger partial charge in [-0.3, -0.25) is 4.79 Å². The maximum absolute atomic E-state index is 13.1. The third kappa shape index (κ3) is 4.02. The Morgan fingerprint density at radius 3 is 2.76 bits per heavy atom. The predicted octanol–water partition coefficient (Wildman–Crippen LogP) is 3.50. The van der Waals surface area contributed by atoms with Crippen LogP contribution in [0.3, 0.4) is 0 Å². The van der Waals surface area contributed by atoms with Crippen molar-refractivity contribution in [1.29, 1.82) is 0 Å². The Balaban J connectivity index is 1.55. The van der Waals surface area contributed by atoms with E-state index in [1.165, 1.54) is 6.07 Å². The molecule has 0 unspecified atom stereocenters. The molecule has 0 aliphatic carbocycles. The normalized spacial score (nSPS) is 22.4. The number of carbonyl (C=O) groups excluding carboxylic acids is 1. The van der Waals surface area contributed by atoms with Crippen LogP contribution in [0, 0.1) is 0 Å². The largest absolute Gasteiger partial charge is 0.493 e. The number of hydrogen-bond donors (Lipinski definition) is 1. The standard InChI is InChI=1S/C22H26N2O4S/c1-16-7-4-5-13-24(16)29(26,27)18-9-6-8-17(15-18)22(25)23-20-12-14-28-21-11-3-2-10-19(20)21/h2-3,6,8-11,15-16,20H,4-5,7,12-14H2,1H3,(H,23,25)/t16-,20-/m0/s1. The zero-order chi connectivity index (χ0) is 20.4. The summed E-state index contributed by atoms with van der Waals surface area (Å²) in [5.41, 5.74) is 1.29. The van der Waals surface area contributed by atoms with E-state index in [-0.39, 0.29) is 22.9 Å². The molecule has 154 valence electrons. The molecule has 0 saturated carbocycles. The molecule has 0 radical (unpaired) electrons. The number of sulfonamides is 1. The lowest BCUT2D eigenvalue weighted by atomic mass is 10.00. The van der Waals surface area contributed by atoms with Crippen LogP contribution in [0.15, 0.2) is 53.4 Å². The Kier molecular flexibility index (Phi) is 5.61. The zero-order valence-corrected chi connectivity index (χ0v) is 17.3. The highest BCUT2D eigenvalue weighted by Gasteiger charge is 2.31. The summed E-state index contributed by atoms with van der Waals surface area (Å²) in [6.45, 7) is 3.00. The number of nitrogens with one attached hydrogen (secondary N) is 1. The highest BCUT2D eigenvalue weighted by molar-refractivity contribution is 7.89. The zero-order valence-electron chi connectivity index (χ0n) is 16.5. The first-order chi connectivity index (χ1) is 14.0. The van der Waals surface area contributed by atoms with Gasteiger partial charge in [0.2, 0.25) is 10.0 Å². The van der Waals surface area contributed by atoms with Gasteiger partial charge in [0.1, 0.15) is 5.75 Å². The summed E-state index contributed by atoms with van der Waals surface area (Å²) in [7, 11) is -3.62. The summed E-state index contributed by atoms with van der Waals surface area (Å²) in [5.74, 6) is 0.495. The number of fused-ring (bicyclic) bond motifs is 1. The van der Waals surface area contributed by atoms with Crippen molar-refractivity contribution in [2.24, 2.45) is 0 Å². The van der Waals surface area contributed by atoms with Crippen molar-refractivity contribution in [1.82, 2.24) is 9.62 Å². The number of ether oxygens (including phenoxy) is 1. The van der Waals surface area contributed by atoms with Crippen molar-refractivity contribution in [3.63, 3.8) is 0 Å². The number of piperidine rings is 1. The maximum atomic E-state index is 13.1. The Hall–Kier alpha value is -2.38. The number of nitrogens with zero attached hydrogens (tertiary/aromatic N) is 1. The molecule has 2 aromatic rings. The molecule has 1 amide bonds. The van der Waals surface area contributed by atoms with E-state index in [0.717, 1.165) is 30.6 Å². The first kappa shape index (κ1) is 19.9. The molecule has 0 spiro atoms.